The van der Waals surface area contributed by atoms with E-state index in [9.17, 15) is 0 Å². The molecule has 0 N–H and O–H groups in total. The molecule has 0 saturated heterocycles. The molecular weight excluding hydrogens is 324 g/mol. The van der Waals surface area contributed by atoms with Crippen molar-refractivity contribution >= 4 is 43.2 Å². The van der Waals surface area contributed by atoms with Gasteiger partial charge in [0.2, 0.25) is 0 Å². The number of rotatable bonds is 4. The average molecular weight is 340 g/mol. The summed E-state index contributed by atoms with van der Waals surface area (Å²) in [5.41, 5.74) is 0.365. The van der Waals surface area contributed by atoms with Crippen LogP contribution >= 0.6 is 43.2 Å². The fourth-order valence-electron chi connectivity index (χ4n) is 1.25. The summed E-state index contributed by atoms with van der Waals surface area (Å²) in [5.74, 6) is 0.697. The van der Waals surface area contributed by atoms with Gasteiger partial charge in [0.25, 0.3) is 0 Å². The van der Waals surface area contributed by atoms with Crippen LogP contribution in [0.2, 0.25) is 0 Å². The predicted molar refractivity (Wildman–Crippen MR) is 72.5 cm³/mol. The molecule has 3 heteroatoms. The second kappa shape index (κ2) is 5.13. The SMILES string of the molecule is CC(C)C(C)(CBr)Cc1cc(Br)cs1. The van der Waals surface area contributed by atoms with Crippen molar-refractivity contribution < 1.29 is 0 Å². The molecule has 1 heterocycles. The fourth-order valence-corrected chi connectivity index (χ4v) is 3.74. The molecule has 1 aromatic rings. The van der Waals surface area contributed by atoms with Crippen LogP contribution in [0.25, 0.3) is 0 Å². The van der Waals surface area contributed by atoms with Gasteiger partial charge in [-0.05, 0) is 39.8 Å². The highest BCUT2D eigenvalue weighted by Crippen LogP contribution is 2.35. The minimum absolute atomic E-state index is 0.365. The minimum Gasteiger partial charge on any atom is -0.148 e. The molecule has 0 aliphatic carbocycles. The van der Waals surface area contributed by atoms with Crippen molar-refractivity contribution in [3.63, 3.8) is 0 Å². The molecule has 1 unspecified atom stereocenters. The Bertz CT molecular complexity index is 293. The summed E-state index contributed by atoms with van der Waals surface area (Å²) in [6, 6.07) is 2.23. The van der Waals surface area contributed by atoms with Gasteiger partial charge < -0.3 is 0 Å². The molecule has 1 atom stereocenters. The lowest BCUT2D eigenvalue weighted by atomic mass is 9.78. The molecule has 0 aliphatic heterocycles. The summed E-state index contributed by atoms with van der Waals surface area (Å²) in [4.78, 5) is 1.47. The molecule has 0 radical (unpaired) electrons. The van der Waals surface area contributed by atoms with Gasteiger partial charge in [-0.15, -0.1) is 11.3 Å². The molecule has 0 bridgehead atoms. The number of halogens is 2. The number of thiophene rings is 1. The van der Waals surface area contributed by atoms with E-state index >= 15 is 0 Å². The monoisotopic (exact) mass is 338 g/mol. The molecule has 80 valence electrons. The van der Waals surface area contributed by atoms with Crippen LogP contribution in [0.1, 0.15) is 25.6 Å². The van der Waals surface area contributed by atoms with Gasteiger partial charge in [0.05, 0.1) is 0 Å². The normalized spacial score (nSPS) is 15.9. The van der Waals surface area contributed by atoms with Crippen molar-refractivity contribution in [1.82, 2.24) is 0 Å². The van der Waals surface area contributed by atoms with Crippen LogP contribution in [-0.4, -0.2) is 5.33 Å². The molecule has 0 fully saturated rings. The number of hydrogen-bond acceptors (Lipinski definition) is 1. The highest BCUT2D eigenvalue weighted by Gasteiger charge is 2.27. The Kier molecular flexibility index (Phi) is 4.66. The van der Waals surface area contributed by atoms with E-state index in [2.05, 4.69) is 64.1 Å². The minimum atomic E-state index is 0.365. The van der Waals surface area contributed by atoms with Crippen LogP contribution < -0.4 is 0 Å². The van der Waals surface area contributed by atoms with Crippen LogP contribution in [0.5, 0.6) is 0 Å². The van der Waals surface area contributed by atoms with Gasteiger partial charge in [-0.1, -0.05) is 36.7 Å². The van der Waals surface area contributed by atoms with Gasteiger partial charge in [0.15, 0.2) is 0 Å². The van der Waals surface area contributed by atoms with E-state index in [1.165, 1.54) is 9.35 Å². The van der Waals surface area contributed by atoms with Crippen molar-refractivity contribution in [1.29, 1.82) is 0 Å². The van der Waals surface area contributed by atoms with Gasteiger partial charge >= 0.3 is 0 Å². The lowest BCUT2D eigenvalue weighted by Crippen LogP contribution is -2.27. The van der Waals surface area contributed by atoms with E-state index in [0.717, 1.165) is 11.8 Å². The van der Waals surface area contributed by atoms with E-state index in [1.807, 2.05) is 11.3 Å². The average Bonchev–Trinajstić information content (AvgIpc) is 2.50. The van der Waals surface area contributed by atoms with Crippen LogP contribution in [0.3, 0.4) is 0 Å². The standard InChI is InChI=1S/C11H16Br2S/c1-8(2)11(3,7-12)5-10-4-9(13)6-14-10/h4,6,8H,5,7H2,1-3H3. The molecule has 14 heavy (non-hydrogen) atoms. The highest BCUT2D eigenvalue weighted by atomic mass is 79.9. The summed E-state index contributed by atoms with van der Waals surface area (Å²) in [7, 11) is 0. The second-order valence-corrected chi connectivity index (χ2v) is 6.82. The molecular formula is C11H16Br2S. The van der Waals surface area contributed by atoms with Crippen molar-refractivity contribution in [2.45, 2.75) is 27.2 Å². The zero-order chi connectivity index (χ0) is 10.8. The molecule has 0 spiro atoms. The molecule has 0 amide bonds. The third kappa shape index (κ3) is 3.07. The Morgan fingerprint density at radius 2 is 2.14 bits per heavy atom. The van der Waals surface area contributed by atoms with Gasteiger partial charge in [-0.3, -0.25) is 0 Å². The Morgan fingerprint density at radius 3 is 2.50 bits per heavy atom. The summed E-state index contributed by atoms with van der Waals surface area (Å²) in [6.45, 7) is 6.94. The largest absolute Gasteiger partial charge is 0.148 e. The van der Waals surface area contributed by atoms with Gasteiger partial charge in [-0.2, -0.15) is 0 Å². The number of hydrogen-bond donors (Lipinski definition) is 0. The first-order valence-corrected chi connectivity index (χ1v) is 7.56. The second-order valence-electron chi connectivity index (χ2n) is 4.35. The zero-order valence-electron chi connectivity index (χ0n) is 8.81. The molecule has 0 saturated carbocycles. The molecule has 1 aromatic heterocycles. The zero-order valence-corrected chi connectivity index (χ0v) is 12.8. The highest BCUT2D eigenvalue weighted by molar-refractivity contribution is 9.10. The first kappa shape index (κ1) is 12.7. The van der Waals surface area contributed by atoms with E-state index in [4.69, 9.17) is 0 Å². The maximum absolute atomic E-state index is 3.63. The Balaban J connectivity index is 2.75. The Morgan fingerprint density at radius 1 is 1.50 bits per heavy atom. The van der Waals surface area contributed by atoms with E-state index in [0.29, 0.717) is 11.3 Å². The maximum atomic E-state index is 3.63. The Hall–Kier alpha value is 0.660. The third-order valence-corrected chi connectivity index (χ3v) is 5.88. The summed E-state index contributed by atoms with van der Waals surface area (Å²) in [5, 5.41) is 3.22. The summed E-state index contributed by atoms with van der Waals surface area (Å²) >= 11 is 8.97. The summed E-state index contributed by atoms with van der Waals surface area (Å²) in [6.07, 6.45) is 1.16. The van der Waals surface area contributed by atoms with Crippen LogP contribution in [0.4, 0.5) is 0 Å². The lowest BCUT2D eigenvalue weighted by Gasteiger charge is -2.31. The quantitative estimate of drug-likeness (QED) is 0.668. The van der Waals surface area contributed by atoms with Crippen molar-refractivity contribution in [3.05, 3.63) is 20.8 Å². The van der Waals surface area contributed by atoms with Crippen molar-refractivity contribution in [2.24, 2.45) is 11.3 Å². The molecule has 0 aliphatic rings. The van der Waals surface area contributed by atoms with Gasteiger partial charge in [0, 0.05) is 20.1 Å². The van der Waals surface area contributed by atoms with Crippen molar-refractivity contribution in [2.75, 3.05) is 5.33 Å². The fraction of sp³-hybridized carbons (Fsp3) is 0.636. The molecule has 1 rings (SSSR count). The molecule has 0 nitrogen and oxygen atoms in total. The smallest absolute Gasteiger partial charge is 0.0285 e. The van der Waals surface area contributed by atoms with E-state index in [-0.39, 0.29) is 0 Å². The lowest BCUT2D eigenvalue weighted by molar-refractivity contribution is 0.260. The third-order valence-electron chi connectivity index (χ3n) is 2.90. The summed E-state index contributed by atoms with van der Waals surface area (Å²) < 4.78 is 1.21. The van der Waals surface area contributed by atoms with Gasteiger partial charge in [-0.25, -0.2) is 0 Å². The Labute approximate surface area is 107 Å². The number of alkyl halides is 1. The van der Waals surface area contributed by atoms with Crippen molar-refractivity contribution in [3.8, 4) is 0 Å². The van der Waals surface area contributed by atoms with Crippen LogP contribution in [0, 0.1) is 11.3 Å². The predicted octanol–water partition coefficient (Wildman–Crippen LogP) is 5.11. The van der Waals surface area contributed by atoms with Crippen LogP contribution in [-0.2, 0) is 6.42 Å². The first-order valence-electron chi connectivity index (χ1n) is 4.77. The van der Waals surface area contributed by atoms with Crippen LogP contribution in [0.15, 0.2) is 15.9 Å². The first-order chi connectivity index (χ1) is 6.48. The maximum Gasteiger partial charge on any atom is 0.0285 e. The van der Waals surface area contributed by atoms with Gasteiger partial charge in [0.1, 0.15) is 0 Å². The molecule has 0 aromatic carbocycles. The van der Waals surface area contributed by atoms with E-state index in [1.54, 1.807) is 0 Å². The van der Waals surface area contributed by atoms with E-state index < -0.39 is 0 Å². The topological polar surface area (TPSA) is 0 Å².